The molecule has 0 saturated carbocycles. The Hall–Kier alpha value is -2.63. The Morgan fingerprint density at radius 3 is 2.50 bits per heavy atom. The maximum atomic E-state index is 12.3. The Bertz CT molecular complexity index is 753. The van der Waals surface area contributed by atoms with Gasteiger partial charge in [0.1, 0.15) is 6.04 Å². The third kappa shape index (κ3) is 4.22. The van der Waals surface area contributed by atoms with Gasteiger partial charge >= 0.3 is 12.0 Å². The predicted octanol–water partition coefficient (Wildman–Crippen LogP) is 2.88. The van der Waals surface area contributed by atoms with Crippen LogP contribution in [0, 0.1) is 5.41 Å². The van der Waals surface area contributed by atoms with E-state index in [9.17, 15) is 14.7 Å². The summed E-state index contributed by atoms with van der Waals surface area (Å²) >= 11 is 0. The zero-order valence-corrected chi connectivity index (χ0v) is 14.4. The number of hydrogen-bond acceptors (Lipinski definition) is 3. The zero-order chi connectivity index (χ0) is 17.9. The molecule has 128 valence electrons. The molecule has 0 spiro atoms. The van der Waals surface area contributed by atoms with Gasteiger partial charge in [-0.1, -0.05) is 45.0 Å². The van der Waals surface area contributed by atoms with Crippen LogP contribution in [0.5, 0.6) is 0 Å². The highest BCUT2D eigenvalue weighted by atomic mass is 16.4. The highest BCUT2D eigenvalue weighted by molar-refractivity contribution is 5.83. The molecule has 0 bridgehead atoms. The van der Waals surface area contributed by atoms with Crippen molar-refractivity contribution in [1.82, 2.24) is 15.2 Å². The second-order valence-electron chi connectivity index (χ2n) is 6.94. The van der Waals surface area contributed by atoms with Gasteiger partial charge in [0, 0.05) is 12.4 Å². The van der Waals surface area contributed by atoms with Crippen LogP contribution in [0.4, 0.5) is 4.79 Å². The molecule has 1 aromatic heterocycles. The molecule has 6 heteroatoms. The van der Waals surface area contributed by atoms with Gasteiger partial charge < -0.3 is 15.3 Å². The molecule has 1 heterocycles. The van der Waals surface area contributed by atoms with Crippen molar-refractivity contribution < 1.29 is 14.7 Å². The van der Waals surface area contributed by atoms with Crippen molar-refractivity contribution in [2.45, 2.75) is 33.4 Å². The van der Waals surface area contributed by atoms with Gasteiger partial charge in [-0.05, 0) is 17.5 Å². The number of carbonyl (C=O) groups excluding carboxylic acids is 1. The number of aromatic nitrogens is 1. The van der Waals surface area contributed by atoms with Gasteiger partial charge in [-0.15, -0.1) is 0 Å². The van der Waals surface area contributed by atoms with Gasteiger partial charge in [-0.2, -0.15) is 0 Å². The fraction of sp³-hybridized carbons (Fsp3) is 0.389. The van der Waals surface area contributed by atoms with E-state index in [0.29, 0.717) is 6.54 Å². The summed E-state index contributed by atoms with van der Waals surface area (Å²) in [6, 6.07) is 10.2. The highest BCUT2D eigenvalue weighted by Crippen LogP contribution is 2.20. The number of pyridine rings is 1. The van der Waals surface area contributed by atoms with E-state index in [-0.39, 0.29) is 0 Å². The third-order valence-electron chi connectivity index (χ3n) is 3.78. The van der Waals surface area contributed by atoms with Gasteiger partial charge in [0.05, 0.1) is 17.8 Å². The fourth-order valence-corrected chi connectivity index (χ4v) is 2.39. The number of carbonyl (C=O) groups is 2. The van der Waals surface area contributed by atoms with Crippen LogP contribution in [0.2, 0.25) is 0 Å². The van der Waals surface area contributed by atoms with Crippen LogP contribution in [0.15, 0.2) is 36.4 Å². The first-order valence-corrected chi connectivity index (χ1v) is 7.77. The number of nitrogens with one attached hydrogen (secondary N) is 1. The number of hydrogen-bond donors (Lipinski definition) is 2. The standard InChI is InChI=1S/C18H23N3O3/c1-18(2,3)15(16(22)23)20-17(24)21(4)11-13-10-9-12-7-5-6-8-14(12)19-13/h5-10,15H,11H2,1-4H3,(H,20,24)(H,22,23)/t15-/m1/s1. The average Bonchev–Trinajstić information content (AvgIpc) is 2.50. The molecule has 2 amide bonds. The number of amides is 2. The second kappa shape index (κ2) is 6.86. The molecule has 2 aromatic rings. The summed E-state index contributed by atoms with van der Waals surface area (Å²) < 4.78 is 0. The molecule has 0 saturated heterocycles. The largest absolute Gasteiger partial charge is 0.480 e. The van der Waals surface area contributed by atoms with Gasteiger partial charge in [0.25, 0.3) is 0 Å². The Morgan fingerprint density at radius 1 is 1.21 bits per heavy atom. The number of nitrogens with zero attached hydrogens (tertiary/aromatic N) is 2. The SMILES string of the molecule is CN(Cc1ccc2ccccc2n1)C(=O)N[C@H](C(=O)O)C(C)(C)C. The monoisotopic (exact) mass is 329 g/mol. The van der Waals surface area contributed by atoms with Crippen LogP contribution in [0.3, 0.4) is 0 Å². The summed E-state index contributed by atoms with van der Waals surface area (Å²) in [6.07, 6.45) is 0. The fourth-order valence-electron chi connectivity index (χ4n) is 2.39. The van der Waals surface area contributed by atoms with Gasteiger partial charge in [-0.3, -0.25) is 4.98 Å². The van der Waals surface area contributed by atoms with Crippen molar-refractivity contribution in [2.24, 2.45) is 5.41 Å². The second-order valence-corrected chi connectivity index (χ2v) is 6.94. The predicted molar refractivity (Wildman–Crippen MR) is 92.6 cm³/mol. The Morgan fingerprint density at radius 2 is 1.88 bits per heavy atom. The van der Waals surface area contributed by atoms with E-state index in [1.807, 2.05) is 36.4 Å². The van der Waals surface area contributed by atoms with Gasteiger partial charge in [-0.25, -0.2) is 9.59 Å². The molecular weight excluding hydrogens is 306 g/mol. The van der Waals surface area contributed by atoms with Gasteiger partial charge in [0.2, 0.25) is 0 Å². The maximum absolute atomic E-state index is 12.3. The first-order valence-electron chi connectivity index (χ1n) is 7.77. The van der Waals surface area contributed by atoms with E-state index in [4.69, 9.17) is 0 Å². The minimum Gasteiger partial charge on any atom is -0.480 e. The molecule has 6 nitrogen and oxygen atoms in total. The molecule has 0 fully saturated rings. The number of aliphatic carboxylic acids is 1. The lowest BCUT2D eigenvalue weighted by Gasteiger charge is -2.29. The lowest BCUT2D eigenvalue weighted by molar-refractivity contribution is -0.142. The number of benzene rings is 1. The minimum atomic E-state index is -1.05. The molecule has 0 aliphatic carbocycles. The summed E-state index contributed by atoms with van der Waals surface area (Å²) in [5.41, 5.74) is 1.03. The van der Waals surface area contributed by atoms with Crippen molar-refractivity contribution >= 4 is 22.9 Å². The molecule has 1 atom stereocenters. The number of para-hydroxylation sites is 1. The summed E-state index contributed by atoms with van der Waals surface area (Å²) in [5, 5.41) is 12.9. The number of rotatable bonds is 4. The van der Waals surface area contributed by atoms with E-state index in [0.717, 1.165) is 16.6 Å². The van der Waals surface area contributed by atoms with Crippen molar-refractivity contribution in [3.8, 4) is 0 Å². The van der Waals surface area contributed by atoms with E-state index in [2.05, 4.69) is 10.3 Å². The topological polar surface area (TPSA) is 82.5 Å². The molecule has 0 aliphatic heterocycles. The summed E-state index contributed by atoms with van der Waals surface area (Å²) in [5.74, 6) is -1.05. The summed E-state index contributed by atoms with van der Waals surface area (Å²) in [6.45, 7) is 5.62. The molecule has 0 unspecified atom stereocenters. The van der Waals surface area contributed by atoms with Crippen molar-refractivity contribution in [1.29, 1.82) is 0 Å². The average molecular weight is 329 g/mol. The van der Waals surface area contributed by atoms with E-state index < -0.39 is 23.5 Å². The van der Waals surface area contributed by atoms with Crippen LogP contribution >= 0.6 is 0 Å². The Kier molecular flexibility index (Phi) is 5.07. The van der Waals surface area contributed by atoms with Crippen molar-refractivity contribution in [3.05, 3.63) is 42.1 Å². The van der Waals surface area contributed by atoms with Crippen LogP contribution < -0.4 is 5.32 Å². The molecule has 24 heavy (non-hydrogen) atoms. The number of urea groups is 1. The summed E-state index contributed by atoms with van der Waals surface area (Å²) in [7, 11) is 1.62. The smallest absolute Gasteiger partial charge is 0.326 e. The molecule has 2 N–H and O–H groups in total. The quantitative estimate of drug-likeness (QED) is 0.903. The van der Waals surface area contributed by atoms with Crippen molar-refractivity contribution in [3.63, 3.8) is 0 Å². The van der Waals surface area contributed by atoms with E-state index in [1.54, 1.807) is 27.8 Å². The molecule has 0 radical (unpaired) electrons. The van der Waals surface area contributed by atoms with Crippen LogP contribution in [0.25, 0.3) is 10.9 Å². The number of carboxylic acid groups (broad SMARTS) is 1. The van der Waals surface area contributed by atoms with E-state index >= 15 is 0 Å². The molecule has 2 rings (SSSR count). The highest BCUT2D eigenvalue weighted by Gasteiger charge is 2.33. The maximum Gasteiger partial charge on any atom is 0.326 e. The molecular formula is C18H23N3O3. The number of fused-ring (bicyclic) bond motifs is 1. The van der Waals surface area contributed by atoms with Crippen LogP contribution in [0.1, 0.15) is 26.5 Å². The lowest BCUT2D eigenvalue weighted by atomic mass is 9.87. The zero-order valence-electron chi connectivity index (χ0n) is 14.4. The first-order chi connectivity index (χ1) is 11.2. The molecule has 0 aliphatic rings. The van der Waals surface area contributed by atoms with Crippen molar-refractivity contribution in [2.75, 3.05) is 7.05 Å². The Labute approximate surface area is 141 Å². The molecule has 1 aromatic carbocycles. The minimum absolute atomic E-state index is 0.299. The number of carboxylic acids is 1. The summed E-state index contributed by atoms with van der Waals surface area (Å²) in [4.78, 5) is 29.6. The third-order valence-corrected chi connectivity index (χ3v) is 3.78. The lowest BCUT2D eigenvalue weighted by Crippen LogP contribution is -2.52. The van der Waals surface area contributed by atoms with Crippen LogP contribution in [-0.2, 0) is 11.3 Å². The Balaban J connectivity index is 2.08. The first kappa shape index (κ1) is 17.7. The van der Waals surface area contributed by atoms with E-state index in [1.165, 1.54) is 4.90 Å². The van der Waals surface area contributed by atoms with Crippen LogP contribution in [-0.4, -0.2) is 40.1 Å². The van der Waals surface area contributed by atoms with Gasteiger partial charge in [0.15, 0.2) is 0 Å². The normalized spacial score (nSPS) is 12.7.